The van der Waals surface area contributed by atoms with Crippen LogP contribution < -0.4 is 11.3 Å². The number of halogens is 3. The minimum absolute atomic E-state index is 0.000626. The number of nitrogens with zero attached hydrogens (tertiary/aromatic N) is 1. The van der Waals surface area contributed by atoms with E-state index in [0.29, 0.717) is 16.8 Å². The predicted molar refractivity (Wildman–Crippen MR) is 61.4 cm³/mol. The van der Waals surface area contributed by atoms with Gasteiger partial charge in [-0.05, 0) is 0 Å². The van der Waals surface area contributed by atoms with Gasteiger partial charge in [0.05, 0.1) is 12.3 Å². The molecule has 2 aromatic rings. The number of nitrogens with two attached hydrogens (primary N) is 1. The van der Waals surface area contributed by atoms with Crippen molar-refractivity contribution in [1.29, 1.82) is 0 Å². The predicted octanol–water partition coefficient (Wildman–Crippen LogP) is 1.31. The van der Waals surface area contributed by atoms with Gasteiger partial charge in [0, 0.05) is 19.2 Å². The fourth-order valence-electron chi connectivity index (χ4n) is 1.60. The van der Waals surface area contributed by atoms with Gasteiger partial charge in [0.25, 0.3) is 5.56 Å². The largest absolute Gasteiger partial charge is 0.393 e. The number of H-pyrrole nitrogens is 1. The highest BCUT2D eigenvalue weighted by Crippen LogP contribution is 2.17. The molecule has 0 unspecified atom stereocenters. The van der Waals surface area contributed by atoms with Gasteiger partial charge in [-0.3, -0.25) is 9.89 Å². The Morgan fingerprint density at radius 2 is 1.89 bits per heavy atom. The summed E-state index contributed by atoms with van der Waals surface area (Å²) in [6.45, 7) is -0.000626. The molecule has 0 aliphatic rings. The van der Waals surface area contributed by atoms with Gasteiger partial charge in [-0.25, -0.2) is 17.9 Å². The monoisotopic (exact) mass is 273 g/mol. The van der Waals surface area contributed by atoms with E-state index in [4.69, 9.17) is 10.5 Å². The number of nitrogen functional groups attached to an aromatic ring is 1. The maximum absolute atomic E-state index is 13.6. The molecule has 0 fully saturated rings. The fraction of sp³-hybridized carbons (Fsp3) is 0.182. The fourth-order valence-corrected chi connectivity index (χ4v) is 1.60. The lowest BCUT2D eigenvalue weighted by atomic mass is 10.3. The molecule has 0 amide bonds. The van der Waals surface area contributed by atoms with E-state index in [1.54, 1.807) is 0 Å². The van der Waals surface area contributed by atoms with E-state index in [0.717, 1.165) is 0 Å². The molecule has 0 radical (unpaired) electrons. The number of benzene rings is 1. The molecule has 1 aromatic carbocycles. The highest BCUT2D eigenvalue weighted by atomic mass is 19.2. The topological polar surface area (TPSA) is 73.0 Å². The summed E-state index contributed by atoms with van der Waals surface area (Å²) in [6, 6.07) is 0.919. The Labute approximate surface area is 105 Å². The zero-order valence-corrected chi connectivity index (χ0v) is 9.84. The molecule has 0 atom stereocenters. The highest BCUT2D eigenvalue weighted by Gasteiger charge is 2.17. The van der Waals surface area contributed by atoms with Gasteiger partial charge >= 0.3 is 0 Å². The smallest absolute Gasteiger partial charge is 0.294 e. The van der Waals surface area contributed by atoms with Gasteiger partial charge < -0.3 is 10.5 Å². The number of hydrogen-bond donors (Lipinski definition) is 2. The molecule has 0 aliphatic carbocycles. The van der Waals surface area contributed by atoms with Gasteiger partial charge in [-0.15, -0.1) is 0 Å². The Morgan fingerprint density at radius 3 is 2.53 bits per heavy atom. The van der Waals surface area contributed by atoms with Crippen molar-refractivity contribution in [3.05, 3.63) is 45.6 Å². The summed E-state index contributed by atoms with van der Waals surface area (Å²) in [5.41, 5.74) is 4.33. The van der Waals surface area contributed by atoms with Gasteiger partial charge in [0.1, 0.15) is 11.4 Å². The molecule has 1 aromatic heterocycles. The minimum atomic E-state index is -1.34. The van der Waals surface area contributed by atoms with Crippen molar-refractivity contribution >= 4 is 5.69 Å². The van der Waals surface area contributed by atoms with Crippen molar-refractivity contribution in [2.45, 2.75) is 6.61 Å². The zero-order chi connectivity index (χ0) is 14.2. The summed E-state index contributed by atoms with van der Waals surface area (Å²) < 4.78 is 45.0. The highest BCUT2D eigenvalue weighted by molar-refractivity contribution is 5.44. The SMILES string of the molecule is COCc1[nH]n(-c2cc(F)c(F)cc2F)c(=O)c1N. The number of aromatic nitrogens is 2. The average molecular weight is 273 g/mol. The van der Waals surface area contributed by atoms with Crippen LogP contribution in [0.25, 0.3) is 5.69 Å². The number of methoxy groups -OCH3 is 1. The zero-order valence-electron chi connectivity index (χ0n) is 9.84. The molecule has 0 saturated heterocycles. The second kappa shape index (κ2) is 4.81. The molecular weight excluding hydrogens is 263 g/mol. The van der Waals surface area contributed by atoms with Crippen molar-refractivity contribution in [2.75, 3.05) is 12.8 Å². The lowest BCUT2D eigenvalue weighted by Crippen LogP contribution is -2.18. The van der Waals surface area contributed by atoms with Crippen molar-refractivity contribution in [3.63, 3.8) is 0 Å². The average Bonchev–Trinajstić information content (AvgIpc) is 2.63. The first kappa shape index (κ1) is 13.2. The Balaban J connectivity index is 2.63. The molecule has 19 heavy (non-hydrogen) atoms. The molecule has 102 valence electrons. The molecule has 0 aliphatic heterocycles. The third-order valence-electron chi connectivity index (χ3n) is 2.52. The van der Waals surface area contributed by atoms with E-state index in [1.807, 2.05) is 0 Å². The molecule has 0 spiro atoms. The van der Waals surface area contributed by atoms with Crippen LogP contribution in [0.2, 0.25) is 0 Å². The van der Waals surface area contributed by atoms with Crippen LogP contribution in [0.1, 0.15) is 5.69 Å². The Bertz CT molecular complexity index is 679. The normalized spacial score (nSPS) is 10.9. The van der Waals surface area contributed by atoms with Crippen molar-refractivity contribution < 1.29 is 17.9 Å². The van der Waals surface area contributed by atoms with Crippen LogP contribution in [0, 0.1) is 17.5 Å². The number of ether oxygens (including phenoxy) is 1. The van der Waals surface area contributed by atoms with Crippen molar-refractivity contribution in [2.24, 2.45) is 0 Å². The summed E-state index contributed by atoms with van der Waals surface area (Å²) in [6.07, 6.45) is 0. The molecule has 3 N–H and O–H groups in total. The van der Waals surface area contributed by atoms with Crippen LogP contribution >= 0.6 is 0 Å². The minimum Gasteiger partial charge on any atom is -0.393 e. The first-order valence-electron chi connectivity index (χ1n) is 5.19. The van der Waals surface area contributed by atoms with Crippen LogP contribution in [0.5, 0.6) is 0 Å². The summed E-state index contributed by atoms with van der Waals surface area (Å²) in [7, 11) is 1.38. The van der Waals surface area contributed by atoms with E-state index in [9.17, 15) is 18.0 Å². The second-order valence-electron chi connectivity index (χ2n) is 3.80. The molecule has 1 heterocycles. The van der Waals surface area contributed by atoms with E-state index in [-0.39, 0.29) is 18.0 Å². The maximum Gasteiger partial charge on any atom is 0.294 e. The van der Waals surface area contributed by atoms with Gasteiger partial charge in [-0.2, -0.15) is 0 Å². The lowest BCUT2D eigenvalue weighted by molar-refractivity contribution is 0.181. The standard InChI is InChI=1S/C11H10F3N3O2/c1-19-4-8-10(15)11(18)17(16-8)9-3-6(13)5(12)2-7(9)14/h2-3,16H,4,15H2,1H3. The van der Waals surface area contributed by atoms with Gasteiger partial charge in [-0.1, -0.05) is 0 Å². The third-order valence-corrected chi connectivity index (χ3v) is 2.52. The number of aromatic amines is 1. The summed E-state index contributed by atoms with van der Waals surface area (Å²) in [4.78, 5) is 11.8. The summed E-state index contributed by atoms with van der Waals surface area (Å²) in [5.74, 6) is -3.71. The van der Waals surface area contributed by atoms with Gasteiger partial charge in [0.2, 0.25) is 0 Å². The molecule has 8 heteroatoms. The second-order valence-corrected chi connectivity index (χ2v) is 3.80. The molecular formula is C11H10F3N3O2. The number of rotatable bonds is 3. The Hall–Kier alpha value is -2.22. The van der Waals surface area contributed by atoms with Crippen LogP contribution in [0.3, 0.4) is 0 Å². The molecule has 0 saturated carbocycles. The molecule has 2 rings (SSSR count). The van der Waals surface area contributed by atoms with Crippen LogP contribution in [0.15, 0.2) is 16.9 Å². The van der Waals surface area contributed by atoms with E-state index >= 15 is 0 Å². The maximum atomic E-state index is 13.6. The van der Waals surface area contributed by atoms with Crippen LogP contribution in [0.4, 0.5) is 18.9 Å². The third kappa shape index (κ3) is 2.22. The Kier molecular flexibility index (Phi) is 3.34. The van der Waals surface area contributed by atoms with Crippen LogP contribution in [-0.2, 0) is 11.3 Å². The van der Waals surface area contributed by atoms with Crippen LogP contribution in [-0.4, -0.2) is 16.9 Å². The first-order chi connectivity index (χ1) is 8.95. The van der Waals surface area contributed by atoms with E-state index in [2.05, 4.69) is 5.10 Å². The van der Waals surface area contributed by atoms with E-state index in [1.165, 1.54) is 7.11 Å². The summed E-state index contributed by atoms with van der Waals surface area (Å²) in [5, 5.41) is 2.48. The number of anilines is 1. The quantitative estimate of drug-likeness (QED) is 0.828. The molecule has 0 bridgehead atoms. The molecule has 5 nitrogen and oxygen atoms in total. The lowest BCUT2D eigenvalue weighted by Gasteiger charge is -2.04. The summed E-state index contributed by atoms with van der Waals surface area (Å²) >= 11 is 0. The van der Waals surface area contributed by atoms with E-state index < -0.39 is 28.7 Å². The van der Waals surface area contributed by atoms with Crippen molar-refractivity contribution in [3.8, 4) is 5.69 Å². The van der Waals surface area contributed by atoms with Crippen molar-refractivity contribution in [1.82, 2.24) is 9.78 Å². The number of nitrogens with one attached hydrogen (secondary N) is 1. The number of hydrogen-bond acceptors (Lipinski definition) is 3. The Morgan fingerprint density at radius 1 is 1.26 bits per heavy atom. The first-order valence-corrected chi connectivity index (χ1v) is 5.19. The van der Waals surface area contributed by atoms with Gasteiger partial charge in [0.15, 0.2) is 17.5 Å².